The van der Waals surface area contributed by atoms with Gasteiger partial charge in [0.05, 0.1) is 13.7 Å². The minimum absolute atomic E-state index is 0.0762. The Morgan fingerprint density at radius 2 is 1.75 bits per heavy atom. The van der Waals surface area contributed by atoms with E-state index in [4.69, 9.17) is 21.1 Å². The third kappa shape index (κ3) is 6.13. The summed E-state index contributed by atoms with van der Waals surface area (Å²) in [5.41, 5.74) is 3.66. The second-order valence-corrected chi connectivity index (χ2v) is 8.90. The Kier molecular flexibility index (Phi) is 8.22. The van der Waals surface area contributed by atoms with Crippen LogP contribution < -0.4 is 4.74 Å². The van der Waals surface area contributed by atoms with Crippen LogP contribution in [0.1, 0.15) is 42.1 Å². The van der Waals surface area contributed by atoms with Gasteiger partial charge in [0.2, 0.25) is 0 Å². The molecule has 2 unspecified atom stereocenters. The summed E-state index contributed by atoms with van der Waals surface area (Å²) in [4.78, 5) is 2.60. The van der Waals surface area contributed by atoms with E-state index in [0.29, 0.717) is 6.04 Å². The van der Waals surface area contributed by atoms with E-state index >= 15 is 0 Å². The Morgan fingerprint density at radius 3 is 2.53 bits per heavy atom. The molecule has 1 aliphatic rings. The molecule has 0 aromatic heterocycles. The number of rotatable bonds is 10. The molecular weight excluding hydrogens is 418 g/mol. The van der Waals surface area contributed by atoms with Crippen LogP contribution in [0.25, 0.3) is 0 Å². The van der Waals surface area contributed by atoms with E-state index in [0.717, 1.165) is 48.9 Å². The van der Waals surface area contributed by atoms with E-state index < -0.39 is 0 Å². The molecule has 0 spiro atoms. The third-order valence-corrected chi connectivity index (χ3v) is 6.53. The van der Waals surface area contributed by atoms with E-state index in [-0.39, 0.29) is 6.10 Å². The second kappa shape index (κ2) is 11.5. The average Bonchev–Trinajstić information content (AvgIpc) is 3.28. The Hall–Kier alpha value is -2.33. The highest BCUT2D eigenvalue weighted by Gasteiger charge is 2.26. The minimum atomic E-state index is -0.0762. The molecule has 0 bridgehead atoms. The number of methoxy groups -OCH3 is 1. The summed E-state index contributed by atoms with van der Waals surface area (Å²) in [6, 6.07) is 27.4. The third-order valence-electron chi connectivity index (χ3n) is 6.27. The van der Waals surface area contributed by atoms with Crippen LogP contribution in [0.4, 0.5) is 0 Å². The fourth-order valence-corrected chi connectivity index (χ4v) is 4.68. The Balaban J connectivity index is 1.35. The fourth-order valence-electron chi connectivity index (χ4n) is 4.55. The number of benzene rings is 3. The van der Waals surface area contributed by atoms with Crippen LogP contribution in [0.3, 0.4) is 0 Å². The average molecular weight is 450 g/mol. The smallest absolute Gasteiger partial charge is 0.119 e. The molecule has 4 heteroatoms. The Bertz CT molecular complexity index is 961. The molecule has 0 saturated carbocycles. The zero-order valence-electron chi connectivity index (χ0n) is 18.8. The van der Waals surface area contributed by atoms with Crippen LogP contribution in [0.2, 0.25) is 5.02 Å². The summed E-state index contributed by atoms with van der Waals surface area (Å²) in [6.45, 7) is 2.99. The lowest BCUT2D eigenvalue weighted by Crippen LogP contribution is -2.34. The molecule has 32 heavy (non-hydrogen) atoms. The van der Waals surface area contributed by atoms with Gasteiger partial charge in [0.25, 0.3) is 0 Å². The van der Waals surface area contributed by atoms with Gasteiger partial charge in [-0.05, 0) is 79.7 Å². The first-order valence-corrected chi connectivity index (χ1v) is 11.9. The molecule has 2 atom stereocenters. The summed E-state index contributed by atoms with van der Waals surface area (Å²) < 4.78 is 11.9. The number of nitrogens with zero attached hydrogens (tertiary/aromatic N) is 1. The van der Waals surface area contributed by atoms with Crippen molar-refractivity contribution < 1.29 is 9.47 Å². The number of aryl methyl sites for hydroxylation is 1. The second-order valence-electron chi connectivity index (χ2n) is 8.46. The highest BCUT2D eigenvalue weighted by atomic mass is 35.5. The largest absolute Gasteiger partial charge is 0.497 e. The van der Waals surface area contributed by atoms with Crippen molar-refractivity contribution in [2.24, 2.45) is 0 Å². The molecule has 1 saturated heterocycles. The van der Waals surface area contributed by atoms with Gasteiger partial charge in [-0.2, -0.15) is 0 Å². The van der Waals surface area contributed by atoms with Crippen LogP contribution >= 0.6 is 11.6 Å². The van der Waals surface area contributed by atoms with E-state index in [1.54, 1.807) is 7.11 Å². The molecule has 3 aromatic rings. The maximum Gasteiger partial charge on any atom is 0.119 e. The molecule has 0 amide bonds. The normalized spacial score (nSPS) is 17.4. The summed E-state index contributed by atoms with van der Waals surface area (Å²) in [6.07, 6.45) is 4.57. The van der Waals surface area contributed by atoms with E-state index in [1.807, 2.05) is 24.3 Å². The molecule has 0 aliphatic carbocycles. The molecule has 4 rings (SSSR count). The van der Waals surface area contributed by atoms with Crippen LogP contribution in [-0.2, 0) is 11.2 Å². The van der Waals surface area contributed by atoms with E-state index in [2.05, 4.69) is 59.5 Å². The van der Waals surface area contributed by atoms with E-state index in [9.17, 15) is 0 Å². The molecule has 168 valence electrons. The first-order valence-electron chi connectivity index (χ1n) is 11.5. The van der Waals surface area contributed by atoms with Crippen molar-refractivity contribution >= 4 is 11.6 Å². The lowest BCUT2D eigenvalue weighted by molar-refractivity contribution is 0.0376. The highest BCUT2D eigenvalue weighted by Crippen LogP contribution is 2.29. The standard InChI is InChI=1S/C28H32ClNO2/c1-31-27-13-5-8-22(20-27)9-6-18-30-19-7-12-26(30)21-32-28(23-10-3-2-4-11-23)24-14-16-25(29)17-15-24/h2-5,8,10-11,13-17,20,26,28H,6-7,9,12,18-19,21H2,1H3. The van der Waals surface area contributed by atoms with E-state index in [1.165, 1.54) is 24.0 Å². The van der Waals surface area contributed by atoms with Crippen molar-refractivity contribution in [3.05, 3.63) is 101 Å². The first kappa shape index (κ1) is 22.8. The predicted octanol–water partition coefficient (Wildman–Crippen LogP) is 6.55. The number of hydrogen-bond donors (Lipinski definition) is 0. The van der Waals surface area contributed by atoms with Gasteiger partial charge in [-0.1, -0.05) is 66.2 Å². The molecular formula is C28H32ClNO2. The fraction of sp³-hybridized carbons (Fsp3) is 0.357. The Morgan fingerprint density at radius 1 is 0.969 bits per heavy atom. The van der Waals surface area contributed by atoms with Crippen molar-refractivity contribution in [2.45, 2.75) is 37.8 Å². The van der Waals surface area contributed by atoms with Gasteiger partial charge in [0.1, 0.15) is 11.9 Å². The zero-order valence-corrected chi connectivity index (χ0v) is 19.5. The minimum Gasteiger partial charge on any atom is -0.497 e. The van der Waals surface area contributed by atoms with Gasteiger partial charge < -0.3 is 9.47 Å². The molecule has 1 heterocycles. The molecule has 3 aromatic carbocycles. The monoisotopic (exact) mass is 449 g/mol. The van der Waals surface area contributed by atoms with Gasteiger partial charge in [-0.15, -0.1) is 0 Å². The van der Waals surface area contributed by atoms with Gasteiger partial charge in [0, 0.05) is 11.1 Å². The molecule has 0 radical (unpaired) electrons. The number of ether oxygens (including phenoxy) is 2. The van der Waals surface area contributed by atoms with Gasteiger partial charge in [0.15, 0.2) is 0 Å². The van der Waals surface area contributed by atoms with Crippen molar-refractivity contribution in [3.63, 3.8) is 0 Å². The SMILES string of the molecule is COc1cccc(CCCN2CCCC2COC(c2ccccc2)c2ccc(Cl)cc2)c1. The Labute approximate surface area is 196 Å². The maximum absolute atomic E-state index is 6.56. The van der Waals surface area contributed by atoms with Crippen molar-refractivity contribution in [1.29, 1.82) is 0 Å². The number of hydrogen-bond acceptors (Lipinski definition) is 3. The zero-order chi connectivity index (χ0) is 22.2. The summed E-state index contributed by atoms with van der Waals surface area (Å²) in [7, 11) is 1.72. The highest BCUT2D eigenvalue weighted by molar-refractivity contribution is 6.30. The molecule has 1 fully saturated rings. The van der Waals surface area contributed by atoms with Crippen LogP contribution in [0.15, 0.2) is 78.9 Å². The predicted molar refractivity (Wildman–Crippen MR) is 132 cm³/mol. The lowest BCUT2D eigenvalue weighted by Gasteiger charge is -2.27. The van der Waals surface area contributed by atoms with Gasteiger partial charge in [-0.25, -0.2) is 0 Å². The molecule has 3 nitrogen and oxygen atoms in total. The van der Waals surface area contributed by atoms with Crippen molar-refractivity contribution in [3.8, 4) is 5.75 Å². The quantitative estimate of drug-likeness (QED) is 0.350. The van der Waals surface area contributed by atoms with Gasteiger partial charge in [-0.3, -0.25) is 4.90 Å². The molecule has 1 aliphatic heterocycles. The summed E-state index contributed by atoms with van der Waals surface area (Å²) >= 11 is 6.12. The number of likely N-dealkylation sites (tertiary alicyclic amines) is 1. The van der Waals surface area contributed by atoms with Crippen LogP contribution in [0.5, 0.6) is 5.75 Å². The van der Waals surface area contributed by atoms with Crippen LogP contribution in [0, 0.1) is 0 Å². The number of halogens is 1. The van der Waals surface area contributed by atoms with Gasteiger partial charge >= 0.3 is 0 Å². The first-order chi connectivity index (χ1) is 15.7. The molecule has 0 N–H and O–H groups in total. The summed E-state index contributed by atoms with van der Waals surface area (Å²) in [5, 5.41) is 0.749. The van der Waals surface area contributed by atoms with Crippen molar-refractivity contribution in [1.82, 2.24) is 4.90 Å². The topological polar surface area (TPSA) is 21.7 Å². The summed E-state index contributed by atoms with van der Waals surface area (Å²) in [5.74, 6) is 0.934. The lowest BCUT2D eigenvalue weighted by atomic mass is 10.0. The maximum atomic E-state index is 6.56. The van der Waals surface area contributed by atoms with Crippen LogP contribution in [-0.4, -0.2) is 37.7 Å². The van der Waals surface area contributed by atoms with Crippen molar-refractivity contribution in [2.75, 3.05) is 26.8 Å².